The molecule has 0 unspecified atom stereocenters. The summed E-state index contributed by atoms with van der Waals surface area (Å²) in [6.07, 6.45) is -5.02. The number of hydrogen-bond acceptors (Lipinski definition) is 9. The Kier molecular flexibility index (Phi) is 7.36. The second kappa shape index (κ2) is 9.84. The van der Waals surface area contributed by atoms with E-state index in [0.717, 1.165) is 0 Å². The Labute approximate surface area is 182 Å². The van der Waals surface area contributed by atoms with Crippen molar-refractivity contribution in [1.82, 2.24) is 15.0 Å². The Morgan fingerprint density at radius 2 is 1.94 bits per heavy atom. The number of pyridine rings is 1. The lowest BCUT2D eigenvalue weighted by Gasteiger charge is -2.22. The number of alkyl halides is 3. The van der Waals surface area contributed by atoms with Gasteiger partial charge in [0.2, 0.25) is 11.8 Å². The van der Waals surface area contributed by atoms with E-state index in [-0.39, 0.29) is 24.8 Å². The third-order valence-corrected chi connectivity index (χ3v) is 5.21. The van der Waals surface area contributed by atoms with E-state index in [0.29, 0.717) is 29.3 Å². The summed E-state index contributed by atoms with van der Waals surface area (Å²) in [6.45, 7) is 2.26. The molecule has 2 aromatic rings. The van der Waals surface area contributed by atoms with Gasteiger partial charge in [-0.2, -0.15) is 18.2 Å². The average molecular weight is 457 g/mol. The van der Waals surface area contributed by atoms with Crippen molar-refractivity contribution in [3.8, 4) is 17.0 Å². The summed E-state index contributed by atoms with van der Waals surface area (Å²) in [5.41, 5.74) is 1.44. The predicted molar refractivity (Wildman–Crippen MR) is 110 cm³/mol. The molecule has 1 saturated carbocycles. The molecular weight excluding hydrogens is 431 g/mol. The Hall–Kier alpha value is -2.70. The van der Waals surface area contributed by atoms with Gasteiger partial charge in [0, 0.05) is 35.9 Å². The highest BCUT2D eigenvalue weighted by molar-refractivity contribution is 5.78. The minimum absolute atomic E-state index is 0.169. The van der Waals surface area contributed by atoms with Gasteiger partial charge in [-0.1, -0.05) is 0 Å². The smallest absolute Gasteiger partial charge is 0.405 e. The molecule has 1 fully saturated rings. The van der Waals surface area contributed by atoms with E-state index in [1.807, 2.05) is 6.92 Å². The van der Waals surface area contributed by atoms with Crippen LogP contribution in [0.5, 0.6) is 5.88 Å². The standard InChI is InChI=1S/C20H26F3N5O4/c1-3-32-14-5-4-11(7-24-14)15-10(2)26-19(25-9-20(21,22)23)28-18(15)27-13-6-12(8-29)16(30)17(13)31/h4-5,7,12-13,16-17,29-31H,3,6,8-9H2,1-2H3,(H2,25,26,27,28)/t12-,13-,16-,17+/m1/s1. The molecule has 1 aliphatic rings. The minimum Gasteiger partial charge on any atom is -0.478 e. The molecule has 0 aliphatic heterocycles. The van der Waals surface area contributed by atoms with Crippen LogP contribution in [0.4, 0.5) is 24.9 Å². The highest BCUT2D eigenvalue weighted by Crippen LogP contribution is 2.35. The molecule has 0 saturated heterocycles. The van der Waals surface area contributed by atoms with Crippen molar-refractivity contribution >= 4 is 11.8 Å². The molecule has 4 atom stereocenters. The van der Waals surface area contributed by atoms with Crippen LogP contribution in [0.3, 0.4) is 0 Å². The Morgan fingerprint density at radius 3 is 2.50 bits per heavy atom. The zero-order valence-electron chi connectivity index (χ0n) is 17.6. The number of ether oxygens (including phenoxy) is 1. The lowest BCUT2D eigenvalue weighted by atomic mass is 10.1. The van der Waals surface area contributed by atoms with Crippen LogP contribution in [0.1, 0.15) is 19.0 Å². The van der Waals surface area contributed by atoms with Crippen LogP contribution in [0.2, 0.25) is 0 Å². The summed E-state index contributed by atoms with van der Waals surface area (Å²) in [5, 5.41) is 35.1. The molecule has 2 aromatic heterocycles. The number of anilines is 2. The number of nitrogens with zero attached hydrogens (tertiary/aromatic N) is 3. The van der Waals surface area contributed by atoms with Crippen LogP contribution < -0.4 is 15.4 Å². The molecule has 2 heterocycles. The monoisotopic (exact) mass is 457 g/mol. The first-order valence-corrected chi connectivity index (χ1v) is 10.1. The van der Waals surface area contributed by atoms with Crippen LogP contribution in [0.15, 0.2) is 18.3 Å². The maximum Gasteiger partial charge on any atom is 0.405 e. The van der Waals surface area contributed by atoms with Crippen molar-refractivity contribution in [2.75, 3.05) is 30.4 Å². The first-order chi connectivity index (χ1) is 15.1. The van der Waals surface area contributed by atoms with Gasteiger partial charge in [0.25, 0.3) is 0 Å². The van der Waals surface area contributed by atoms with Crippen molar-refractivity contribution in [3.63, 3.8) is 0 Å². The summed E-state index contributed by atoms with van der Waals surface area (Å²) < 4.78 is 43.3. The fourth-order valence-corrected chi connectivity index (χ4v) is 3.67. The summed E-state index contributed by atoms with van der Waals surface area (Å²) in [4.78, 5) is 12.5. The predicted octanol–water partition coefficient (Wildman–Crippen LogP) is 1.73. The number of aromatic nitrogens is 3. The normalized spacial score (nSPS) is 23.2. The molecule has 32 heavy (non-hydrogen) atoms. The van der Waals surface area contributed by atoms with Crippen molar-refractivity contribution in [2.24, 2.45) is 5.92 Å². The van der Waals surface area contributed by atoms with Crippen LogP contribution in [0.25, 0.3) is 11.1 Å². The van der Waals surface area contributed by atoms with E-state index in [2.05, 4.69) is 25.6 Å². The molecule has 5 N–H and O–H groups in total. The fourth-order valence-electron chi connectivity index (χ4n) is 3.67. The lowest BCUT2D eigenvalue weighted by molar-refractivity contribution is -0.115. The van der Waals surface area contributed by atoms with Crippen LogP contribution >= 0.6 is 0 Å². The summed E-state index contributed by atoms with van der Waals surface area (Å²) >= 11 is 0. The molecule has 12 heteroatoms. The van der Waals surface area contributed by atoms with Gasteiger partial charge in [0.1, 0.15) is 18.5 Å². The summed E-state index contributed by atoms with van der Waals surface area (Å²) in [5.74, 6) is -0.198. The lowest BCUT2D eigenvalue weighted by Crippen LogP contribution is -2.36. The van der Waals surface area contributed by atoms with Gasteiger partial charge in [-0.3, -0.25) is 0 Å². The zero-order chi connectivity index (χ0) is 23.5. The van der Waals surface area contributed by atoms with Crippen molar-refractivity contribution in [2.45, 2.75) is 44.7 Å². The number of rotatable bonds is 8. The van der Waals surface area contributed by atoms with Crippen LogP contribution in [-0.2, 0) is 0 Å². The molecule has 0 radical (unpaired) electrons. The first-order valence-electron chi connectivity index (χ1n) is 10.1. The van der Waals surface area contributed by atoms with Crippen molar-refractivity contribution in [3.05, 3.63) is 24.0 Å². The molecule has 0 amide bonds. The van der Waals surface area contributed by atoms with Gasteiger partial charge >= 0.3 is 6.18 Å². The Morgan fingerprint density at radius 1 is 1.19 bits per heavy atom. The Bertz CT molecular complexity index is 913. The minimum atomic E-state index is -4.46. The maximum absolute atomic E-state index is 12.7. The third-order valence-electron chi connectivity index (χ3n) is 5.21. The van der Waals surface area contributed by atoms with Gasteiger partial charge in [-0.25, -0.2) is 9.97 Å². The van der Waals surface area contributed by atoms with E-state index in [4.69, 9.17) is 4.74 Å². The topological polar surface area (TPSA) is 133 Å². The quantitative estimate of drug-likeness (QED) is 0.402. The highest BCUT2D eigenvalue weighted by Gasteiger charge is 2.41. The van der Waals surface area contributed by atoms with Crippen molar-refractivity contribution in [1.29, 1.82) is 0 Å². The van der Waals surface area contributed by atoms with Crippen LogP contribution in [0, 0.1) is 12.8 Å². The van der Waals surface area contributed by atoms with Gasteiger partial charge < -0.3 is 30.7 Å². The average Bonchev–Trinajstić information content (AvgIpc) is 3.00. The van der Waals surface area contributed by atoms with Gasteiger partial charge in [-0.05, 0) is 26.3 Å². The zero-order valence-corrected chi connectivity index (χ0v) is 17.6. The van der Waals surface area contributed by atoms with E-state index in [9.17, 15) is 28.5 Å². The molecule has 0 bridgehead atoms. The second-order valence-corrected chi connectivity index (χ2v) is 7.55. The molecular formula is C20H26F3N5O4. The third kappa shape index (κ3) is 5.56. The van der Waals surface area contributed by atoms with E-state index >= 15 is 0 Å². The molecule has 0 aromatic carbocycles. The largest absolute Gasteiger partial charge is 0.478 e. The highest BCUT2D eigenvalue weighted by atomic mass is 19.4. The number of nitrogens with one attached hydrogen (secondary N) is 2. The maximum atomic E-state index is 12.7. The number of aryl methyl sites for hydroxylation is 1. The second-order valence-electron chi connectivity index (χ2n) is 7.55. The van der Waals surface area contributed by atoms with Gasteiger partial charge in [-0.15, -0.1) is 0 Å². The number of aliphatic hydroxyl groups excluding tert-OH is 3. The SMILES string of the molecule is CCOc1ccc(-c2c(C)nc(NCC(F)(F)F)nc2N[C@@H]2C[C@H](CO)[C@@H](O)[C@H]2O)cn1. The Balaban J connectivity index is 1.97. The van der Waals surface area contributed by atoms with Gasteiger partial charge in [0.05, 0.1) is 24.4 Å². The van der Waals surface area contributed by atoms with E-state index < -0.39 is 36.9 Å². The van der Waals surface area contributed by atoms with Crippen molar-refractivity contribution < 1.29 is 33.2 Å². The van der Waals surface area contributed by atoms with E-state index in [1.165, 1.54) is 6.20 Å². The van der Waals surface area contributed by atoms with Crippen LogP contribution in [-0.4, -0.2) is 74.5 Å². The first kappa shape index (κ1) is 24.0. The molecule has 176 valence electrons. The molecule has 0 spiro atoms. The summed E-state index contributed by atoms with van der Waals surface area (Å²) in [7, 11) is 0. The fraction of sp³-hybridized carbons (Fsp3) is 0.550. The number of hydrogen-bond donors (Lipinski definition) is 5. The number of halogens is 3. The van der Waals surface area contributed by atoms with Gasteiger partial charge in [0.15, 0.2) is 0 Å². The molecule has 9 nitrogen and oxygen atoms in total. The molecule has 3 rings (SSSR count). The number of aliphatic hydroxyl groups is 3. The molecule has 1 aliphatic carbocycles. The summed E-state index contributed by atoms with van der Waals surface area (Å²) in [6, 6.07) is 2.68. The van der Waals surface area contributed by atoms with E-state index in [1.54, 1.807) is 19.1 Å².